The van der Waals surface area contributed by atoms with E-state index in [1.165, 1.54) is 12.1 Å². The number of hydrogen-bond acceptors (Lipinski definition) is 2. The van der Waals surface area contributed by atoms with Crippen LogP contribution in [-0.2, 0) is 16.0 Å². The second kappa shape index (κ2) is 5.39. The maximum absolute atomic E-state index is 12.5. The Kier molecular flexibility index (Phi) is 4.14. The Morgan fingerprint density at radius 2 is 1.60 bits per heavy atom. The second-order valence-corrected chi connectivity index (χ2v) is 7.81. The zero-order valence-corrected chi connectivity index (χ0v) is 12.0. The van der Waals surface area contributed by atoms with Crippen molar-refractivity contribution in [1.29, 1.82) is 0 Å². The van der Waals surface area contributed by atoms with E-state index in [1.807, 2.05) is 0 Å². The molecule has 0 saturated heterocycles. The first-order valence-corrected chi connectivity index (χ1v) is 8.24. The van der Waals surface area contributed by atoms with Crippen LogP contribution < -0.4 is 0 Å². The van der Waals surface area contributed by atoms with Gasteiger partial charge in [-0.15, -0.1) is 0 Å². The van der Waals surface area contributed by atoms with Gasteiger partial charge in [-0.25, -0.2) is 8.42 Å². The molecule has 0 unspecified atom stereocenters. The Balaban J connectivity index is 2.23. The Labute approximate surface area is 116 Å². The molecular weight excluding hydrogens is 289 g/mol. The lowest BCUT2D eigenvalue weighted by molar-refractivity contribution is -0.137. The molecule has 1 aromatic rings. The Bertz CT molecular complexity index is 555. The molecular formula is C14H17F3O2S. The van der Waals surface area contributed by atoms with Gasteiger partial charge in [0.2, 0.25) is 0 Å². The van der Waals surface area contributed by atoms with Gasteiger partial charge in [0.25, 0.3) is 0 Å². The summed E-state index contributed by atoms with van der Waals surface area (Å²) >= 11 is 0. The van der Waals surface area contributed by atoms with Gasteiger partial charge in [-0.05, 0) is 37.5 Å². The summed E-state index contributed by atoms with van der Waals surface area (Å²) in [5, 5.41) is -1.10. The number of sulfone groups is 1. The van der Waals surface area contributed by atoms with Crippen molar-refractivity contribution >= 4 is 9.84 Å². The van der Waals surface area contributed by atoms with Crippen molar-refractivity contribution < 1.29 is 21.6 Å². The van der Waals surface area contributed by atoms with Crippen LogP contribution in [0.1, 0.15) is 49.0 Å². The Morgan fingerprint density at radius 1 is 1.10 bits per heavy atom. The lowest BCUT2D eigenvalue weighted by Crippen LogP contribution is -2.23. The van der Waals surface area contributed by atoms with Crippen LogP contribution >= 0.6 is 0 Å². The molecule has 0 aromatic heterocycles. The van der Waals surface area contributed by atoms with Crippen molar-refractivity contribution in [2.24, 2.45) is 0 Å². The van der Waals surface area contributed by atoms with Gasteiger partial charge in [0.15, 0.2) is 9.84 Å². The third kappa shape index (κ3) is 3.00. The normalized spacial score (nSPS) is 19.2. The van der Waals surface area contributed by atoms with Crippen LogP contribution in [0.2, 0.25) is 0 Å². The van der Waals surface area contributed by atoms with E-state index in [0.29, 0.717) is 18.4 Å². The van der Waals surface area contributed by atoms with Gasteiger partial charge in [-0.3, -0.25) is 0 Å². The van der Waals surface area contributed by atoms with Crippen molar-refractivity contribution in [2.75, 3.05) is 0 Å². The Hall–Kier alpha value is -1.04. The zero-order valence-electron chi connectivity index (χ0n) is 11.2. The first-order valence-electron chi connectivity index (χ1n) is 6.63. The summed E-state index contributed by atoms with van der Waals surface area (Å²) in [6.45, 7) is 1.55. The van der Waals surface area contributed by atoms with Gasteiger partial charge in [-0.2, -0.15) is 13.2 Å². The molecule has 112 valence electrons. The van der Waals surface area contributed by atoms with Crippen molar-refractivity contribution in [1.82, 2.24) is 0 Å². The van der Waals surface area contributed by atoms with Crippen LogP contribution in [-0.4, -0.2) is 13.7 Å². The van der Waals surface area contributed by atoms with Crippen molar-refractivity contribution in [3.05, 3.63) is 35.4 Å². The van der Waals surface area contributed by atoms with Crippen molar-refractivity contribution in [3.63, 3.8) is 0 Å². The number of benzene rings is 1. The summed E-state index contributed by atoms with van der Waals surface area (Å²) < 4.78 is 62.2. The van der Waals surface area contributed by atoms with Gasteiger partial charge in [-0.1, -0.05) is 25.0 Å². The fourth-order valence-corrected chi connectivity index (χ4v) is 4.74. The van der Waals surface area contributed by atoms with E-state index in [9.17, 15) is 21.6 Å². The fourth-order valence-electron chi connectivity index (χ4n) is 2.64. The maximum atomic E-state index is 12.5. The summed E-state index contributed by atoms with van der Waals surface area (Å²) in [7, 11) is -3.32. The SMILES string of the molecule is C[C@@H](c1ccc(C(F)(F)F)cc1)S(=O)(=O)C1CCCC1. The third-order valence-electron chi connectivity index (χ3n) is 3.97. The smallest absolute Gasteiger partial charge is 0.228 e. The molecule has 1 aliphatic rings. The topological polar surface area (TPSA) is 34.1 Å². The first-order chi connectivity index (χ1) is 9.23. The maximum Gasteiger partial charge on any atom is 0.416 e. The molecule has 0 N–H and O–H groups in total. The lowest BCUT2D eigenvalue weighted by Gasteiger charge is -2.18. The molecule has 0 heterocycles. The van der Waals surface area contributed by atoms with E-state index in [2.05, 4.69) is 0 Å². The molecule has 0 bridgehead atoms. The number of rotatable bonds is 3. The molecule has 1 aromatic carbocycles. The molecule has 0 amide bonds. The van der Waals surface area contributed by atoms with Crippen LogP contribution in [0.4, 0.5) is 13.2 Å². The summed E-state index contributed by atoms with van der Waals surface area (Å²) in [5.74, 6) is 0. The highest BCUT2D eigenvalue weighted by molar-refractivity contribution is 7.92. The van der Waals surface area contributed by atoms with E-state index in [1.54, 1.807) is 6.92 Å². The van der Waals surface area contributed by atoms with E-state index in [4.69, 9.17) is 0 Å². The van der Waals surface area contributed by atoms with E-state index < -0.39 is 26.8 Å². The van der Waals surface area contributed by atoms with Gasteiger partial charge < -0.3 is 0 Å². The Morgan fingerprint density at radius 3 is 2.05 bits per heavy atom. The highest BCUT2D eigenvalue weighted by Crippen LogP contribution is 2.35. The van der Waals surface area contributed by atoms with Crippen LogP contribution in [0.15, 0.2) is 24.3 Å². The molecule has 1 aliphatic carbocycles. The average Bonchev–Trinajstić information content (AvgIpc) is 2.91. The minimum absolute atomic E-state index is 0.347. The lowest BCUT2D eigenvalue weighted by atomic mass is 10.1. The molecule has 1 saturated carbocycles. The molecule has 20 heavy (non-hydrogen) atoms. The van der Waals surface area contributed by atoms with Gasteiger partial charge >= 0.3 is 6.18 Å². The predicted octanol–water partition coefficient (Wildman–Crippen LogP) is 4.12. The monoisotopic (exact) mass is 306 g/mol. The highest BCUT2D eigenvalue weighted by atomic mass is 32.2. The van der Waals surface area contributed by atoms with Crippen molar-refractivity contribution in [2.45, 2.75) is 49.3 Å². The predicted molar refractivity (Wildman–Crippen MR) is 71.0 cm³/mol. The molecule has 1 atom stereocenters. The zero-order chi connectivity index (χ0) is 15.0. The van der Waals surface area contributed by atoms with Gasteiger partial charge in [0.1, 0.15) is 0 Å². The molecule has 1 fully saturated rings. The molecule has 0 radical (unpaired) electrons. The highest BCUT2D eigenvalue weighted by Gasteiger charge is 2.35. The molecule has 2 nitrogen and oxygen atoms in total. The third-order valence-corrected chi connectivity index (χ3v) is 6.63. The van der Waals surface area contributed by atoms with Gasteiger partial charge in [0.05, 0.1) is 16.1 Å². The average molecular weight is 306 g/mol. The molecule has 2 rings (SSSR count). The quantitative estimate of drug-likeness (QED) is 0.841. The van der Waals surface area contributed by atoms with E-state index in [0.717, 1.165) is 25.0 Å². The van der Waals surface area contributed by atoms with Crippen LogP contribution in [0.3, 0.4) is 0 Å². The van der Waals surface area contributed by atoms with Crippen LogP contribution in [0.5, 0.6) is 0 Å². The minimum atomic E-state index is -4.40. The van der Waals surface area contributed by atoms with E-state index >= 15 is 0 Å². The standard InChI is InChI=1S/C14H17F3O2S/c1-10(20(18,19)13-4-2-3-5-13)11-6-8-12(9-7-11)14(15,16)17/h6-10,13H,2-5H2,1H3/t10-/m0/s1. The second-order valence-electron chi connectivity index (χ2n) is 5.26. The number of halogens is 3. The summed E-state index contributed by atoms with van der Waals surface area (Å²) in [6.07, 6.45) is -1.26. The van der Waals surface area contributed by atoms with Crippen LogP contribution in [0.25, 0.3) is 0 Å². The minimum Gasteiger partial charge on any atom is -0.228 e. The fraction of sp³-hybridized carbons (Fsp3) is 0.571. The van der Waals surface area contributed by atoms with Crippen molar-refractivity contribution in [3.8, 4) is 0 Å². The first kappa shape index (κ1) is 15.4. The summed E-state index contributed by atoms with van der Waals surface area (Å²) in [5.41, 5.74) is -0.336. The van der Waals surface area contributed by atoms with Gasteiger partial charge in [0, 0.05) is 0 Å². The number of alkyl halides is 3. The molecule has 6 heteroatoms. The molecule has 0 aliphatic heterocycles. The number of hydrogen-bond donors (Lipinski definition) is 0. The van der Waals surface area contributed by atoms with Crippen LogP contribution in [0, 0.1) is 0 Å². The summed E-state index contributed by atoms with van der Waals surface area (Å²) in [4.78, 5) is 0. The summed E-state index contributed by atoms with van der Waals surface area (Å²) in [6, 6.07) is 4.41. The largest absolute Gasteiger partial charge is 0.416 e. The molecule has 0 spiro atoms. The van der Waals surface area contributed by atoms with E-state index in [-0.39, 0.29) is 5.25 Å².